The Balaban J connectivity index is 1.83. The van der Waals surface area contributed by atoms with E-state index in [0.717, 1.165) is 38.5 Å². The van der Waals surface area contributed by atoms with Crippen molar-refractivity contribution in [1.82, 2.24) is 10.2 Å². The van der Waals surface area contributed by atoms with Crippen LogP contribution in [-0.4, -0.2) is 28.4 Å². The fourth-order valence-corrected chi connectivity index (χ4v) is 3.48. The molecule has 3 fully saturated rings. The van der Waals surface area contributed by atoms with Crippen LogP contribution in [0.4, 0.5) is 4.79 Å². The maximum Gasteiger partial charge on any atom is 0.325 e. The molecule has 1 aliphatic heterocycles. The van der Waals surface area contributed by atoms with E-state index in [1.807, 2.05) is 0 Å². The molecule has 0 aromatic heterocycles. The van der Waals surface area contributed by atoms with E-state index in [1.165, 1.54) is 11.3 Å². The van der Waals surface area contributed by atoms with E-state index < -0.39 is 5.54 Å². The van der Waals surface area contributed by atoms with Gasteiger partial charge >= 0.3 is 6.03 Å². The van der Waals surface area contributed by atoms with Gasteiger partial charge in [-0.15, -0.1) is 0 Å². The number of hydrogen-bond acceptors (Lipinski definition) is 2. The van der Waals surface area contributed by atoms with E-state index in [-0.39, 0.29) is 18.0 Å². The molecule has 1 heterocycles. The van der Waals surface area contributed by atoms with Crippen LogP contribution in [0.25, 0.3) is 0 Å². The SMILES string of the molecule is CC1CCCC2(C1)NC(=O)N(C1CCC1)C2=O. The van der Waals surface area contributed by atoms with Gasteiger partial charge in [-0.05, 0) is 38.0 Å². The normalized spacial score (nSPS) is 38.4. The van der Waals surface area contributed by atoms with Gasteiger partial charge in [-0.1, -0.05) is 19.8 Å². The minimum absolute atomic E-state index is 0.0544. The third-order valence-electron chi connectivity index (χ3n) is 4.63. The summed E-state index contributed by atoms with van der Waals surface area (Å²) in [4.78, 5) is 26.0. The Morgan fingerprint density at radius 2 is 2.00 bits per heavy atom. The van der Waals surface area contributed by atoms with Crippen LogP contribution in [0.1, 0.15) is 51.9 Å². The van der Waals surface area contributed by atoms with Crippen molar-refractivity contribution >= 4 is 11.9 Å². The highest BCUT2D eigenvalue weighted by atomic mass is 16.2. The summed E-state index contributed by atoms with van der Waals surface area (Å²) in [5.41, 5.74) is -0.551. The number of urea groups is 1. The Morgan fingerprint density at radius 1 is 1.24 bits per heavy atom. The van der Waals surface area contributed by atoms with Crippen LogP contribution < -0.4 is 5.32 Å². The molecule has 94 valence electrons. The van der Waals surface area contributed by atoms with Gasteiger partial charge in [0.05, 0.1) is 0 Å². The van der Waals surface area contributed by atoms with E-state index in [9.17, 15) is 9.59 Å². The third-order valence-corrected chi connectivity index (χ3v) is 4.63. The van der Waals surface area contributed by atoms with E-state index in [2.05, 4.69) is 12.2 Å². The van der Waals surface area contributed by atoms with Gasteiger partial charge in [0.2, 0.25) is 0 Å². The lowest BCUT2D eigenvalue weighted by molar-refractivity contribution is -0.135. The number of hydrogen-bond donors (Lipinski definition) is 1. The monoisotopic (exact) mass is 236 g/mol. The molecular weight excluding hydrogens is 216 g/mol. The highest BCUT2D eigenvalue weighted by Gasteiger charge is 2.54. The van der Waals surface area contributed by atoms with Gasteiger partial charge in [0, 0.05) is 6.04 Å². The average Bonchev–Trinajstić information content (AvgIpc) is 2.41. The summed E-state index contributed by atoms with van der Waals surface area (Å²) in [5, 5.41) is 2.99. The Kier molecular flexibility index (Phi) is 2.42. The van der Waals surface area contributed by atoms with Crippen molar-refractivity contribution in [1.29, 1.82) is 0 Å². The van der Waals surface area contributed by atoms with E-state index in [1.54, 1.807) is 0 Å². The molecule has 1 N–H and O–H groups in total. The number of nitrogens with zero attached hydrogens (tertiary/aromatic N) is 1. The topological polar surface area (TPSA) is 49.4 Å². The molecule has 4 heteroatoms. The summed E-state index contributed by atoms with van der Waals surface area (Å²) in [6.45, 7) is 2.17. The average molecular weight is 236 g/mol. The molecule has 2 aliphatic carbocycles. The van der Waals surface area contributed by atoms with Crippen molar-refractivity contribution in [2.24, 2.45) is 5.92 Å². The first kappa shape index (κ1) is 11.1. The van der Waals surface area contributed by atoms with Crippen molar-refractivity contribution in [3.8, 4) is 0 Å². The number of carbonyl (C=O) groups is 2. The fourth-order valence-electron chi connectivity index (χ4n) is 3.48. The number of imide groups is 1. The molecule has 2 atom stereocenters. The van der Waals surface area contributed by atoms with Crippen molar-refractivity contribution < 1.29 is 9.59 Å². The molecule has 2 unspecified atom stereocenters. The van der Waals surface area contributed by atoms with Crippen molar-refractivity contribution in [3.05, 3.63) is 0 Å². The Labute approximate surface area is 102 Å². The standard InChI is InChI=1S/C13H20N2O2/c1-9-4-3-7-13(8-9)11(16)15(12(17)14-13)10-5-2-6-10/h9-10H,2-8H2,1H3,(H,14,17). The predicted molar refractivity (Wildman–Crippen MR) is 63.4 cm³/mol. The molecule has 0 aromatic rings. The second-order valence-corrected chi connectivity index (χ2v) is 5.97. The lowest BCUT2D eigenvalue weighted by Gasteiger charge is -2.36. The van der Waals surface area contributed by atoms with Crippen LogP contribution in [-0.2, 0) is 4.79 Å². The van der Waals surface area contributed by atoms with Crippen LogP contribution in [0.5, 0.6) is 0 Å². The first-order chi connectivity index (χ1) is 8.12. The summed E-state index contributed by atoms with van der Waals surface area (Å²) >= 11 is 0. The molecule has 3 amide bonds. The van der Waals surface area contributed by atoms with E-state index >= 15 is 0 Å². The lowest BCUT2D eigenvalue weighted by atomic mass is 9.76. The summed E-state index contributed by atoms with van der Waals surface area (Å²) in [5.74, 6) is 0.591. The van der Waals surface area contributed by atoms with Crippen LogP contribution in [0.2, 0.25) is 0 Å². The molecule has 0 radical (unpaired) electrons. The maximum absolute atomic E-state index is 12.5. The van der Waals surface area contributed by atoms with Gasteiger partial charge in [0.25, 0.3) is 5.91 Å². The molecule has 1 saturated heterocycles. The van der Waals surface area contributed by atoms with Crippen LogP contribution in [0.15, 0.2) is 0 Å². The summed E-state index contributed by atoms with van der Waals surface area (Å²) in [6.07, 6.45) is 6.99. The molecular formula is C13H20N2O2. The highest BCUT2D eigenvalue weighted by Crippen LogP contribution is 2.39. The van der Waals surface area contributed by atoms with Gasteiger partial charge < -0.3 is 5.32 Å². The van der Waals surface area contributed by atoms with Gasteiger partial charge in [0.1, 0.15) is 5.54 Å². The number of nitrogens with one attached hydrogen (secondary N) is 1. The molecule has 3 aliphatic rings. The fraction of sp³-hybridized carbons (Fsp3) is 0.846. The van der Waals surface area contributed by atoms with Crippen LogP contribution >= 0.6 is 0 Å². The minimum Gasteiger partial charge on any atom is -0.323 e. The smallest absolute Gasteiger partial charge is 0.323 e. The van der Waals surface area contributed by atoms with E-state index in [4.69, 9.17) is 0 Å². The second kappa shape index (κ2) is 3.72. The Hall–Kier alpha value is -1.06. The second-order valence-electron chi connectivity index (χ2n) is 5.97. The van der Waals surface area contributed by atoms with Crippen molar-refractivity contribution in [2.75, 3.05) is 0 Å². The quantitative estimate of drug-likeness (QED) is 0.708. The Morgan fingerprint density at radius 3 is 2.59 bits per heavy atom. The van der Waals surface area contributed by atoms with Crippen molar-refractivity contribution in [3.63, 3.8) is 0 Å². The molecule has 1 spiro atoms. The van der Waals surface area contributed by atoms with Crippen LogP contribution in [0, 0.1) is 5.92 Å². The number of amides is 3. The molecule has 2 saturated carbocycles. The van der Waals surface area contributed by atoms with Gasteiger partial charge in [-0.3, -0.25) is 9.69 Å². The highest BCUT2D eigenvalue weighted by molar-refractivity contribution is 6.07. The summed E-state index contributed by atoms with van der Waals surface area (Å²) < 4.78 is 0. The first-order valence-electron chi connectivity index (χ1n) is 6.78. The third kappa shape index (κ3) is 1.57. The number of carbonyl (C=O) groups excluding carboxylic acids is 2. The van der Waals surface area contributed by atoms with Gasteiger partial charge in [0.15, 0.2) is 0 Å². The Bertz CT molecular complexity index is 364. The summed E-state index contributed by atoms with van der Waals surface area (Å²) in [7, 11) is 0. The molecule has 0 aromatic carbocycles. The lowest BCUT2D eigenvalue weighted by Crippen LogP contribution is -2.51. The largest absolute Gasteiger partial charge is 0.325 e. The summed E-state index contributed by atoms with van der Waals surface area (Å²) in [6, 6.07) is 0.0351. The zero-order chi connectivity index (χ0) is 12.0. The van der Waals surface area contributed by atoms with Gasteiger partial charge in [-0.25, -0.2) is 4.79 Å². The van der Waals surface area contributed by atoms with Crippen molar-refractivity contribution in [2.45, 2.75) is 63.5 Å². The predicted octanol–water partition coefficient (Wildman–Crippen LogP) is 2.04. The van der Waals surface area contributed by atoms with Gasteiger partial charge in [-0.2, -0.15) is 0 Å². The number of rotatable bonds is 1. The zero-order valence-electron chi connectivity index (χ0n) is 10.4. The van der Waals surface area contributed by atoms with Crippen LogP contribution in [0.3, 0.4) is 0 Å². The molecule has 4 nitrogen and oxygen atoms in total. The van der Waals surface area contributed by atoms with E-state index in [0.29, 0.717) is 5.92 Å². The maximum atomic E-state index is 12.5. The molecule has 0 bridgehead atoms. The minimum atomic E-state index is -0.551. The zero-order valence-corrected chi connectivity index (χ0v) is 10.4. The first-order valence-corrected chi connectivity index (χ1v) is 6.78. The molecule has 3 rings (SSSR count). The molecule has 17 heavy (non-hydrogen) atoms.